The first-order valence-electron chi connectivity index (χ1n) is 8.57. The van der Waals surface area contributed by atoms with Crippen LogP contribution in [0.3, 0.4) is 0 Å². The molecule has 2 aromatic rings. The second-order valence-corrected chi connectivity index (χ2v) is 8.18. The fourth-order valence-electron chi connectivity index (χ4n) is 3.42. The molecule has 1 aromatic carbocycles. The van der Waals surface area contributed by atoms with E-state index in [0.29, 0.717) is 47.3 Å². The number of hydrogen-bond donors (Lipinski definition) is 2. The molecular formula is C18H17Cl2N3O3S. The number of fused-ring (bicyclic) bond motifs is 3. The van der Waals surface area contributed by atoms with Gasteiger partial charge in [0.05, 0.1) is 18.7 Å². The molecule has 27 heavy (non-hydrogen) atoms. The zero-order chi connectivity index (χ0) is 19.1. The minimum Gasteiger partial charge on any atom is -0.450 e. The number of benzene rings is 1. The smallest absolute Gasteiger partial charge is 0.410 e. The number of nitrogens with one attached hydrogen (secondary N) is 2. The van der Waals surface area contributed by atoms with Crippen molar-refractivity contribution >= 4 is 51.5 Å². The summed E-state index contributed by atoms with van der Waals surface area (Å²) in [6.07, 6.45) is -0.216. The molecule has 2 N–H and O–H groups in total. The van der Waals surface area contributed by atoms with E-state index in [-0.39, 0.29) is 12.0 Å². The Morgan fingerprint density at radius 3 is 2.78 bits per heavy atom. The predicted molar refractivity (Wildman–Crippen MR) is 106 cm³/mol. The van der Waals surface area contributed by atoms with Crippen molar-refractivity contribution in [1.82, 2.24) is 10.2 Å². The Bertz CT molecular complexity index is 911. The fraction of sp³-hybridized carbons (Fsp3) is 0.333. The third-order valence-corrected chi connectivity index (χ3v) is 6.46. The van der Waals surface area contributed by atoms with Gasteiger partial charge in [-0.1, -0.05) is 29.3 Å². The summed E-state index contributed by atoms with van der Waals surface area (Å²) in [7, 11) is 0. The lowest BCUT2D eigenvalue weighted by molar-refractivity contribution is 0.0934. The third-order valence-electron chi connectivity index (χ3n) is 4.65. The SMILES string of the molecule is CCOC(=O)N1CCc2c(sc3c2C(=O)NC(c2c(Cl)cccc2Cl)N3)C1. The Morgan fingerprint density at radius 2 is 2.07 bits per heavy atom. The van der Waals surface area contributed by atoms with Gasteiger partial charge < -0.3 is 20.3 Å². The molecule has 0 saturated heterocycles. The van der Waals surface area contributed by atoms with E-state index < -0.39 is 6.17 Å². The minimum absolute atomic E-state index is 0.160. The Kier molecular flexibility index (Phi) is 4.92. The number of nitrogens with zero attached hydrogens (tertiary/aromatic N) is 1. The van der Waals surface area contributed by atoms with E-state index in [2.05, 4.69) is 10.6 Å². The molecule has 6 nitrogen and oxygen atoms in total. The van der Waals surface area contributed by atoms with Crippen LogP contribution in [0.25, 0.3) is 0 Å². The van der Waals surface area contributed by atoms with Crippen LogP contribution in [-0.4, -0.2) is 30.1 Å². The molecule has 2 aliphatic heterocycles. The van der Waals surface area contributed by atoms with Gasteiger partial charge in [-0.15, -0.1) is 11.3 Å². The van der Waals surface area contributed by atoms with Crippen molar-refractivity contribution in [2.75, 3.05) is 18.5 Å². The molecule has 1 unspecified atom stereocenters. The standard InChI is InChI=1S/C18H17Cl2N3O3S/c1-2-26-18(25)23-7-6-9-12(8-23)27-17-13(9)16(24)21-15(22-17)14-10(19)4-3-5-11(14)20/h3-5,15,22H,2,6-8H2,1H3,(H,21,24). The summed E-state index contributed by atoms with van der Waals surface area (Å²) in [6.45, 7) is 3.10. The van der Waals surface area contributed by atoms with Crippen molar-refractivity contribution in [3.63, 3.8) is 0 Å². The van der Waals surface area contributed by atoms with Crippen LogP contribution in [-0.2, 0) is 17.7 Å². The molecule has 0 saturated carbocycles. The normalized spacial score (nSPS) is 18.3. The lowest BCUT2D eigenvalue weighted by atomic mass is 10.0. The average Bonchev–Trinajstić information content (AvgIpc) is 2.99. The van der Waals surface area contributed by atoms with Crippen molar-refractivity contribution in [2.24, 2.45) is 0 Å². The largest absolute Gasteiger partial charge is 0.450 e. The van der Waals surface area contributed by atoms with E-state index in [0.717, 1.165) is 15.4 Å². The van der Waals surface area contributed by atoms with Gasteiger partial charge in [0.1, 0.15) is 11.2 Å². The number of ether oxygens (including phenoxy) is 1. The molecule has 1 atom stereocenters. The van der Waals surface area contributed by atoms with E-state index in [9.17, 15) is 9.59 Å². The van der Waals surface area contributed by atoms with E-state index in [1.165, 1.54) is 11.3 Å². The average molecular weight is 426 g/mol. The lowest BCUT2D eigenvalue weighted by Crippen LogP contribution is -2.39. The Labute approximate surface area is 170 Å². The Balaban J connectivity index is 1.64. The molecule has 0 aliphatic carbocycles. The molecular weight excluding hydrogens is 409 g/mol. The van der Waals surface area contributed by atoms with Crippen LogP contribution in [0.5, 0.6) is 0 Å². The molecule has 4 rings (SSSR count). The van der Waals surface area contributed by atoms with Crippen LogP contribution in [0.1, 0.15) is 39.5 Å². The van der Waals surface area contributed by atoms with Crippen molar-refractivity contribution in [2.45, 2.75) is 26.1 Å². The van der Waals surface area contributed by atoms with Gasteiger partial charge in [-0.05, 0) is 31.0 Å². The molecule has 1 aromatic heterocycles. The molecule has 2 amide bonds. The summed E-state index contributed by atoms with van der Waals surface area (Å²) in [4.78, 5) is 27.5. The second-order valence-electron chi connectivity index (χ2n) is 6.26. The molecule has 9 heteroatoms. The quantitative estimate of drug-likeness (QED) is 0.746. The van der Waals surface area contributed by atoms with Crippen LogP contribution in [0.4, 0.5) is 9.80 Å². The van der Waals surface area contributed by atoms with E-state index in [1.54, 1.807) is 30.0 Å². The summed E-state index contributed by atoms with van der Waals surface area (Å²) >= 11 is 14.1. The van der Waals surface area contributed by atoms with Gasteiger partial charge >= 0.3 is 6.09 Å². The van der Waals surface area contributed by atoms with E-state index in [1.807, 2.05) is 0 Å². The van der Waals surface area contributed by atoms with Crippen LogP contribution in [0.15, 0.2) is 18.2 Å². The number of thiophene rings is 1. The molecule has 0 bridgehead atoms. The first-order valence-corrected chi connectivity index (χ1v) is 10.1. The maximum absolute atomic E-state index is 12.8. The van der Waals surface area contributed by atoms with Gasteiger partial charge in [0.25, 0.3) is 5.91 Å². The molecule has 0 spiro atoms. The van der Waals surface area contributed by atoms with Crippen LogP contribution in [0, 0.1) is 0 Å². The van der Waals surface area contributed by atoms with Crippen molar-refractivity contribution in [1.29, 1.82) is 0 Å². The van der Waals surface area contributed by atoms with Crippen molar-refractivity contribution < 1.29 is 14.3 Å². The van der Waals surface area contributed by atoms with Gasteiger partial charge in [-0.25, -0.2) is 4.79 Å². The molecule has 0 radical (unpaired) electrons. The summed E-state index contributed by atoms with van der Waals surface area (Å²) in [5, 5.41) is 8.02. The Hall–Kier alpha value is -1.96. The van der Waals surface area contributed by atoms with E-state index >= 15 is 0 Å². The monoisotopic (exact) mass is 425 g/mol. The van der Waals surface area contributed by atoms with Crippen LogP contribution >= 0.6 is 34.5 Å². The molecule has 0 fully saturated rings. The summed E-state index contributed by atoms with van der Waals surface area (Å²) in [5.74, 6) is -0.160. The van der Waals surface area contributed by atoms with Crippen LogP contribution < -0.4 is 10.6 Å². The number of halogens is 2. The summed E-state index contributed by atoms with van der Waals surface area (Å²) in [6, 6.07) is 5.24. The van der Waals surface area contributed by atoms with Crippen molar-refractivity contribution in [3.05, 3.63) is 49.8 Å². The molecule has 3 heterocycles. The number of anilines is 1. The predicted octanol–water partition coefficient (Wildman–Crippen LogP) is 4.42. The highest BCUT2D eigenvalue weighted by Gasteiger charge is 2.35. The summed E-state index contributed by atoms with van der Waals surface area (Å²) < 4.78 is 5.09. The fourth-order valence-corrected chi connectivity index (χ4v) is 5.32. The topological polar surface area (TPSA) is 70.7 Å². The number of carbonyl (C=O) groups is 2. The molecule has 2 aliphatic rings. The first-order chi connectivity index (χ1) is 13.0. The lowest BCUT2D eigenvalue weighted by Gasteiger charge is -2.29. The van der Waals surface area contributed by atoms with Crippen molar-refractivity contribution in [3.8, 4) is 0 Å². The number of rotatable bonds is 2. The number of amides is 2. The zero-order valence-corrected chi connectivity index (χ0v) is 16.8. The number of carbonyl (C=O) groups excluding carboxylic acids is 2. The highest BCUT2D eigenvalue weighted by molar-refractivity contribution is 7.16. The van der Waals surface area contributed by atoms with Gasteiger partial charge in [-0.3, -0.25) is 4.79 Å². The molecule has 142 valence electrons. The number of hydrogen-bond acceptors (Lipinski definition) is 5. The van der Waals surface area contributed by atoms with Gasteiger partial charge in [0.2, 0.25) is 0 Å². The third kappa shape index (κ3) is 3.24. The van der Waals surface area contributed by atoms with E-state index in [4.69, 9.17) is 27.9 Å². The van der Waals surface area contributed by atoms with Gasteiger partial charge in [0, 0.05) is 27.0 Å². The highest BCUT2D eigenvalue weighted by atomic mass is 35.5. The van der Waals surface area contributed by atoms with Gasteiger partial charge in [0.15, 0.2) is 0 Å². The van der Waals surface area contributed by atoms with Gasteiger partial charge in [-0.2, -0.15) is 0 Å². The minimum atomic E-state index is -0.507. The highest BCUT2D eigenvalue weighted by Crippen LogP contribution is 2.42. The maximum Gasteiger partial charge on any atom is 0.410 e. The summed E-state index contributed by atoms with van der Waals surface area (Å²) in [5.41, 5.74) is 2.28. The first kappa shape index (κ1) is 18.4. The maximum atomic E-state index is 12.8. The zero-order valence-electron chi connectivity index (χ0n) is 14.5. The van der Waals surface area contributed by atoms with Crippen LogP contribution in [0.2, 0.25) is 10.0 Å². The second kappa shape index (κ2) is 7.22. The Morgan fingerprint density at radius 1 is 1.33 bits per heavy atom.